The molecule has 4 heterocycles. The van der Waals surface area contributed by atoms with E-state index in [0.717, 1.165) is 19.3 Å². The maximum absolute atomic E-state index is 14.4. The summed E-state index contributed by atoms with van der Waals surface area (Å²) in [6.45, 7) is 2.94. The van der Waals surface area contributed by atoms with Crippen LogP contribution in [0.4, 0.5) is 5.69 Å². The molecule has 1 aromatic carbocycles. The molecule has 0 aromatic heterocycles. The number of aliphatic hydroxyl groups is 1. The number of cyclic esters (lactones) is 1. The standard InChI is InChI=1S/C30H37ClN2O6/c1-2-29-15-6-3-4-9-20-38-28(37)24(29)23-26(35)33(17-7-5-8-19-34)25-27(36)32(18-10-16-30(23,25)39-29)22-13-11-21(31)12-14-22/h6,10-16,23-25,34H,2-5,7-9,17-20H2,1H3/b15-6-/t23-,24+,25?,29-,30-/m0/s1. The highest BCUT2D eigenvalue weighted by molar-refractivity contribution is 6.30. The third kappa shape index (κ3) is 4.81. The molecule has 1 unspecified atom stereocenters. The highest BCUT2D eigenvalue weighted by atomic mass is 35.5. The third-order valence-corrected chi connectivity index (χ3v) is 8.83. The molecule has 0 radical (unpaired) electrons. The minimum Gasteiger partial charge on any atom is -0.465 e. The van der Waals surface area contributed by atoms with Crippen LogP contribution in [-0.2, 0) is 23.9 Å². The summed E-state index contributed by atoms with van der Waals surface area (Å²) in [5.74, 6) is -2.72. The Morgan fingerprint density at radius 1 is 1.00 bits per heavy atom. The Morgan fingerprint density at radius 3 is 2.54 bits per heavy atom. The second kappa shape index (κ2) is 11.4. The Morgan fingerprint density at radius 2 is 1.79 bits per heavy atom. The third-order valence-electron chi connectivity index (χ3n) is 8.58. The number of hydrogen-bond acceptors (Lipinski definition) is 6. The number of esters is 1. The number of allylic oxidation sites excluding steroid dienone is 1. The number of anilines is 1. The normalized spacial score (nSPS) is 33.3. The van der Waals surface area contributed by atoms with Crippen molar-refractivity contribution >= 4 is 35.1 Å². The summed E-state index contributed by atoms with van der Waals surface area (Å²) in [6, 6.07) is 6.10. The number of amides is 2. The van der Waals surface area contributed by atoms with Crippen molar-refractivity contribution in [3.8, 4) is 0 Å². The van der Waals surface area contributed by atoms with Crippen LogP contribution < -0.4 is 4.90 Å². The smallest absolute Gasteiger partial charge is 0.313 e. The Balaban J connectivity index is 1.61. The maximum Gasteiger partial charge on any atom is 0.313 e. The zero-order valence-corrected chi connectivity index (χ0v) is 23.1. The fourth-order valence-corrected chi connectivity index (χ4v) is 6.83. The summed E-state index contributed by atoms with van der Waals surface area (Å²) < 4.78 is 12.7. The Hall–Kier alpha value is -2.68. The quantitative estimate of drug-likeness (QED) is 0.309. The van der Waals surface area contributed by atoms with E-state index in [-0.39, 0.29) is 18.4 Å². The number of rotatable bonds is 7. The molecule has 5 atom stereocenters. The minimum absolute atomic E-state index is 0.0678. The number of benzene rings is 1. The van der Waals surface area contributed by atoms with Crippen molar-refractivity contribution in [2.45, 2.75) is 69.1 Å². The van der Waals surface area contributed by atoms with Gasteiger partial charge in [-0.2, -0.15) is 0 Å². The number of hydrogen-bond donors (Lipinski definition) is 1. The first-order valence-corrected chi connectivity index (χ1v) is 14.5. The van der Waals surface area contributed by atoms with Crippen molar-refractivity contribution in [3.63, 3.8) is 0 Å². The molecule has 0 saturated carbocycles. The summed E-state index contributed by atoms with van der Waals surface area (Å²) in [4.78, 5) is 45.7. The SMILES string of the molecule is CC[C@]12/C=C\CCCCOC(=O)[C@H]1[C@H]1C(=O)N(CCCCCO)C3C(=O)N(c4ccc(Cl)cc4)CC=C[C@@]31O2. The maximum atomic E-state index is 14.4. The van der Waals surface area contributed by atoms with E-state index in [1.54, 1.807) is 34.1 Å². The molecule has 1 N–H and O–H groups in total. The van der Waals surface area contributed by atoms with Gasteiger partial charge in [0.05, 0.1) is 12.5 Å². The van der Waals surface area contributed by atoms with Crippen LogP contribution in [0.3, 0.4) is 0 Å². The van der Waals surface area contributed by atoms with Crippen LogP contribution in [0.15, 0.2) is 48.6 Å². The van der Waals surface area contributed by atoms with Crippen molar-refractivity contribution in [3.05, 3.63) is 53.6 Å². The Kier molecular flexibility index (Phi) is 8.17. The molecule has 9 heteroatoms. The second-order valence-corrected chi connectivity index (χ2v) is 11.3. The number of aliphatic hydroxyl groups excluding tert-OH is 1. The van der Waals surface area contributed by atoms with Gasteiger partial charge in [0.1, 0.15) is 23.2 Å². The van der Waals surface area contributed by atoms with E-state index in [0.29, 0.717) is 56.1 Å². The van der Waals surface area contributed by atoms with Crippen LogP contribution in [0.25, 0.3) is 0 Å². The van der Waals surface area contributed by atoms with Gasteiger partial charge < -0.3 is 24.4 Å². The van der Waals surface area contributed by atoms with Crippen molar-refractivity contribution in [2.24, 2.45) is 11.8 Å². The average molecular weight is 557 g/mol. The number of halogens is 1. The lowest BCUT2D eigenvalue weighted by Gasteiger charge is -2.38. The van der Waals surface area contributed by atoms with E-state index in [1.807, 2.05) is 31.2 Å². The molecule has 2 amide bonds. The lowest BCUT2D eigenvalue weighted by Crippen LogP contribution is -2.56. The molecule has 8 nitrogen and oxygen atoms in total. The van der Waals surface area contributed by atoms with Crippen LogP contribution in [0.2, 0.25) is 5.02 Å². The number of nitrogens with zero attached hydrogens (tertiary/aromatic N) is 2. The van der Waals surface area contributed by atoms with Gasteiger partial charge in [-0.25, -0.2) is 0 Å². The summed E-state index contributed by atoms with van der Waals surface area (Å²) in [5.41, 5.74) is -1.70. The molecule has 1 spiro atoms. The van der Waals surface area contributed by atoms with Crippen molar-refractivity contribution in [1.29, 1.82) is 0 Å². The number of carbonyl (C=O) groups is 3. The van der Waals surface area contributed by atoms with E-state index in [1.165, 1.54) is 0 Å². The molecule has 1 aromatic rings. The van der Waals surface area contributed by atoms with E-state index in [9.17, 15) is 19.5 Å². The summed E-state index contributed by atoms with van der Waals surface area (Å²) in [6.07, 6.45) is 12.6. The number of carbonyl (C=O) groups excluding carboxylic acids is 3. The predicted molar refractivity (Wildman–Crippen MR) is 147 cm³/mol. The van der Waals surface area contributed by atoms with Crippen LogP contribution in [-0.4, -0.2) is 71.3 Å². The lowest BCUT2D eigenvalue weighted by atomic mass is 9.73. The van der Waals surface area contributed by atoms with Gasteiger partial charge in [-0.15, -0.1) is 0 Å². The second-order valence-electron chi connectivity index (χ2n) is 10.8. The first-order valence-electron chi connectivity index (χ1n) is 14.1. The highest BCUT2D eigenvalue weighted by Crippen LogP contribution is 2.58. The molecule has 0 aliphatic carbocycles. The predicted octanol–water partition coefficient (Wildman–Crippen LogP) is 4.05. The van der Waals surface area contributed by atoms with Gasteiger partial charge in [0, 0.05) is 30.4 Å². The van der Waals surface area contributed by atoms with Crippen molar-refractivity contribution in [2.75, 3.05) is 31.2 Å². The molecule has 2 saturated heterocycles. The number of unbranched alkanes of at least 4 members (excludes halogenated alkanes) is 2. The van der Waals surface area contributed by atoms with Crippen molar-refractivity contribution < 1.29 is 29.0 Å². The fraction of sp³-hybridized carbons (Fsp3) is 0.567. The summed E-state index contributed by atoms with van der Waals surface area (Å²) >= 11 is 6.11. The molecule has 4 aliphatic heterocycles. The molecular formula is C30H37ClN2O6. The van der Waals surface area contributed by atoms with Gasteiger partial charge in [-0.05, 0) is 69.2 Å². The molecule has 210 valence electrons. The van der Waals surface area contributed by atoms with Gasteiger partial charge in [-0.3, -0.25) is 14.4 Å². The van der Waals surface area contributed by atoms with Crippen LogP contribution in [0.5, 0.6) is 0 Å². The first-order chi connectivity index (χ1) is 18.9. The number of likely N-dealkylation sites (tertiary alicyclic amines) is 1. The van der Waals surface area contributed by atoms with E-state index < -0.39 is 35.0 Å². The first kappa shape index (κ1) is 27.9. The monoisotopic (exact) mass is 556 g/mol. The highest BCUT2D eigenvalue weighted by Gasteiger charge is 2.75. The largest absolute Gasteiger partial charge is 0.465 e. The average Bonchev–Trinajstić information content (AvgIpc) is 3.28. The Labute approximate surface area is 234 Å². The van der Waals surface area contributed by atoms with Crippen molar-refractivity contribution in [1.82, 2.24) is 4.90 Å². The van der Waals surface area contributed by atoms with Crippen LogP contribution >= 0.6 is 11.6 Å². The molecule has 39 heavy (non-hydrogen) atoms. The number of fused-ring (bicyclic) bond motifs is 2. The van der Waals surface area contributed by atoms with Crippen LogP contribution in [0.1, 0.15) is 51.9 Å². The van der Waals surface area contributed by atoms with Gasteiger partial charge in [-0.1, -0.05) is 42.8 Å². The van der Waals surface area contributed by atoms with Crippen LogP contribution in [0, 0.1) is 11.8 Å². The summed E-state index contributed by atoms with van der Waals surface area (Å²) in [5, 5.41) is 9.82. The number of ether oxygens (including phenoxy) is 2. The zero-order chi connectivity index (χ0) is 27.6. The Bertz CT molecular complexity index is 1150. The lowest BCUT2D eigenvalue weighted by molar-refractivity contribution is -0.160. The topological polar surface area (TPSA) is 96.4 Å². The molecular weight excluding hydrogens is 520 g/mol. The molecule has 5 rings (SSSR count). The van der Waals surface area contributed by atoms with Gasteiger partial charge in [0.2, 0.25) is 5.91 Å². The van der Waals surface area contributed by atoms with Gasteiger partial charge in [0.15, 0.2) is 0 Å². The summed E-state index contributed by atoms with van der Waals surface area (Å²) in [7, 11) is 0. The van der Waals surface area contributed by atoms with E-state index in [4.69, 9.17) is 21.1 Å². The molecule has 4 aliphatic rings. The minimum atomic E-state index is -1.32. The zero-order valence-electron chi connectivity index (χ0n) is 22.4. The molecule has 2 fully saturated rings. The molecule has 0 bridgehead atoms. The van der Waals surface area contributed by atoms with E-state index >= 15 is 0 Å². The van der Waals surface area contributed by atoms with E-state index in [2.05, 4.69) is 0 Å². The fourth-order valence-electron chi connectivity index (χ4n) is 6.70. The van der Waals surface area contributed by atoms with Gasteiger partial charge >= 0.3 is 5.97 Å². The van der Waals surface area contributed by atoms with Gasteiger partial charge in [0.25, 0.3) is 5.91 Å².